The zero-order chi connectivity index (χ0) is 24.0. The number of amides is 2. The molecule has 2 amide bonds. The predicted octanol–water partition coefficient (Wildman–Crippen LogP) is 2.87. The van der Waals surface area contributed by atoms with Crippen molar-refractivity contribution in [2.75, 3.05) is 20.2 Å². The Morgan fingerprint density at radius 1 is 1.15 bits per heavy atom. The van der Waals surface area contributed by atoms with Gasteiger partial charge in [-0.1, -0.05) is 13.0 Å². The van der Waals surface area contributed by atoms with Crippen LogP contribution < -0.4 is 15.4 Å². The third-order valence-corrected chi connectivity index (χ3v) is 8.76. The van der Waals surface area contributed by atoms with Crippen LogP contribution in [-0.2, 0) is 14.8 Å². The number of sulfonamides is 1. The summed E-state index contributed by atoms with van der Waals surface area (Å²) in [6.07, 6.45) is 1.72. The molecule has 180 valence electrons. The standard InChI is InChI=1S/C23H31N3O5S2/c1-4-16(2)24-23(28)21(25-22(27)20-6-5-15-32-20)17-11-13-26(14-12-17)33(29,30)19-9-7-18(31-3)8-10-19/h5-10,15-17,21H,4,11-14H2,1-3H3,(H,24,28)(H,25,27). The number of hydrogen-bond donors (Lipinski definition) is 2. The van der Waals surface area contributed by atoms with Gasteiger partial charge >= 0.3 is 0 Å². The van der Waals surface area contributed by atoms with Gasteiger partial charge in [0.15, 0.2) is 0 Å². The minimum Gasteiger partial charge on any atom is -0.497 e. The number of ether oxygens (including phenoxy) is 1. The monoisotopic (exact) mass is 493 g/mol. The highest BCUT2D eigenvalue weighted by molar-refractivity contribution is 7.89. The molecule has 10 heteroatoms. The molecule has 0 bridgehead atoms. The smallest absolute Gasteiger partial charge is 0.262 e. The first kappa shape index (κ1) is 25.2. The van der Waals surface area contributed by atoms with Crippen LogP contribution in [0.1, 0.15) is 42.8 Å². The SMILES string of the molecule is CCC(C)NC(=O)C(NC(=O)c1cccs1)C1CCN(S(=O)(=O)c2ccc(OC)cc2)CC1. The molecule has 1 fully saturated rings. The summed E-state index contributed by atoms with van der Waals surface area (Å²) in [7, 11) is -2.12. The van der Waals surface area contributed by atoms with E-state index in [4.69, 9.17) is 4.74 Å². The van der Waals surface area contributed by atoms with E-state index in [1.54, 1.807) is 24.3 Å². The number of thiophene rings is 1. The average Bonchev–Trinajstić information content (AvgIpc) is 3.37. The Kier molecular flexibility index (Phi) is 8.50. The Morgan fingerprint density at radius 3 is 2.36 bits per heavy atom. The Hall–Kier alpha value is -2.43. The van der Waals surface area contributed by atoms with Gasteiger partial charge in [0.2, 0.25) is 15.9 Å². The molecule has 2 atom stereocenters. The van der Waals surface area contributed by atoms with Crippen LogP contribution in [0.2, 0.25) is 0 Å². The molecule has 3 rings (SSSR count). The number of nitrogens with one attached hydrogen (secondary N) is 2. The van der Waals surface area contributed by atoms with E-state index in [1.165, 1.54) is 34.9 Å². The van der Waals surface area contributed by atoms with Crippen molar-refractivity contribution < 1.29 is 22.7 Å². The van der Waals surface area contributed by atoms with Gasteiger partial charge < -0.3 is 15.4 Å². The minimum absolute atomic E-state index is 0.0193. The molecule has 2 unspecified atom stereocenters. The number of hydrogen-bond acceptors (Lipinski definition) is 6. The Bertz CT molecular complexity index is 1030. The zero-order valence-electron chi connectivity index (χ0n) is 19.1. The largest absolute Gasteiger partial charge is 0.497 e. The van der Waals surface area contributed by atoms with Crippen LogP contribution >= 0.6 is 11.3 Å². The van der Waals surface area contributed by atoms with E-state index in [-0.39, 0.29) is 41.8 Å². The lowest BCUT2D eigenvalue weighted by atomic mass is 9.89. The minimum atomic E-state index is -3.65. The lowest BCUT2D eigenvalue weighted by Crippen LogP contribution is -2.55. The van der Waals surface area contributed by atoms with Crippen LogP contribution in [0.25, 0.3) is 0 Å². The normalized spacial score (nSPS) is 17.2. The molecule has 33 heavy (non-hydrogen) atoms. The fraction of sp³-hybridized carbons (Fsp3) is 0.478. The fourth-order valence-corrected chi connectivity index (χ4v) is 5.90. The first-order valence-corrected chi connectivity index (χ1v) is 13.4. The van der Waals surface area contributed by atoms with E-state index in [0.29, 0.717) is 23.5 Å². The van der Waals surface area contributed by atoms with Crippen LogP contribution in [0.15, 0.2) is 46.7 Å². The molecule has 2 aromatic rings. The van der Waals surface area contributed by atoms with Crippen molar-refractivity contribution in [3.8, 4) is 5.75 Å². The molecule has 2 heterocycles. The molecule has 0 spiro atoms. The maximum Gasteiger partial charge on any atom is 0.262 e. The fourth-order valence-electron chi connectivity index (χ4n) is 3.80. The molecular weight excluding hydrogens is 462 g/mol. The maximum absolute atomic E-state index is 13.1. The highest BCUT2D eigenvalue weighted by atomic mass is 32.2. The summed E-state index contributed by atoms with van der Waals surface area (Å²) < 4.78 is 32.6. The van der Waals surface area contributed by atoms with Crippen LogP contribution in [0.5, 0.6) is 5.75 Å². The molecular formula is C23H31N3O5S2. The van der Waals surface area contributed by atoms with Gasteiger partial charge in [0.25, 0.3) is 5.91 Å². The van der Waals surface area contributed by atoms with E-state index in [2.05, 4.69) is 10.6 Å². The number of nitrogens with zero attached hydrogens (tertiary/aromatic N) is 1. The number of carbonyl (C=O) groups excluding carboxylic acids is 2. The third-order valence-electron chi connectivity index (χ3n) is 5.98. The maximum atomic E-state index is 13.1. The van der Waals surface area contributed by atoms with Gasteiger partial charge in [-0.15, -0.1) is 11.3 Å². The topological polar surface area (TPSA) is 105 Å². The van der Waals surface area contributed by atoms with Crippen LogP contribution in [0.4, 0.5) is 0 Å². The van der Waals surface area contributed by atoms with Gasteiger partial charge in [-0.3, -0.25) is 9.59 Å². The Morgan fingerprint density at radius 2 is 1.82 bits per heavy atom. The Balaban J connectivity index is 1.71. The first-order chi connectivity index (χ1) is 15.8. The second-order valence-electron chi connectivity index (χ2n) is 8.16. The molecule has 1 saturated heterocycles. The van der Waals surface area contributed by atoms with Gasteiger partial charge in [-0.25, -0.2) is 8.42 Å². The molecule has 1 aliphatic rings. The lowest BCUT2D eigenvalue weighted by molar-refractivity contribution is -0.125. The van der Waals surface area contributed by atoms with Crippen molar-refractivity contribution in [2.45, 2.75) is 50.1 Å². The number of benzene rings is 1. The van der Waals surface area contributed by atoms with E-state index in [0.717, 1.165) is 6.42 Å². The number of carbonyl (C=O) groups is 2. The van der Waals surface area contributed by atoms with Crippen molar-refractivity contribution >= 4 is 33.2 Å². The lowest BCUT2D eigenvalue weighted by Gasteiger charge is -2.35. The van der Waals surface area contributed by atoms with E-state index in [1.807, 2.05) is 19.2 Å². The Labute approximate surface area is 199 Å². The van der Waals surface area contributed by atoms with Gasteiger partial charge in [0.05, 0.1) is 16.9 Å². The summed E-state index contributed by atoms with van der Waals surface area (Å²) in [5.41, 5.74) is 0. The number of piperidine rings is 1. The molecule has 1 aliphatic heterocycles. The van der Waals surface area contributed by atoms with Gasteiger partial charge in [0, 0.05) is 19.1 Å². The molecule has 8 nitrogen and oxygen atoms in total. The summed E-state index contributed by atoms with van der Waals surface area (Å²) in [6, 6.07) is 9.07. The molecule has 1 aromatic carbocycles. The van der Waals surface area contributed by atoms with Crippen LogP contribution in [0, 0.1) is 5.92 Å². The number of methoxy groups -OCH3 is 1. The third kappa shape index (κ3) is 6.13. The van der Waals surface area contributed by atoms with Crippen molar-refractivity contribution in [3.05, 3.63) is 46.7 Å². The molecule has 0 saturated carbocycles. The van der Waals surface area contributed by atoms with Gasteiger partial charge in [0.1, 0.15) is 11.8 Å². The van der Waals surface area contributed by atoms with Crippen molar-refractivity contribution in [1.29, 1.82) is 0 Å². The first-order valence-electron chi connectivity index (χ1n) is 11.0. The second-order valence-corrected chi connectivity index (χ2v) is 11.0. The van der Waals surface area contributed by atoms with Crippen molar-refractivity contribution in [3.63, 3.8) is 0 Å². The van der Waals surface area contributed by atoms with E-state index >= 15 is 0 Å². The summed E-state index contributed by atoms with van der Waals surface area (Å²) in [6.45, 7) is 4.45. The van der Waals surface area contributed by atoms with Gasteiger partial charge in [-0.2, -0.15) is 4.31 Å². The van der Waals surface area contributed by atoms with E-state index < -0.39 is 16.1 Å². The van der Waals surface area contributed by atoms with Crippen LogP contribution in [0.3, 0.4) is 0 Å². The van der Waals surface area contributed by atoms with Crippen LogP contribution in [-0.4, -0.2) is 56.8 Å². The quantitative estimate of drug-likeness (QED) is 0.559. The highest BCUT2D eigenvalue weighted by Gasteiger charge is 2.36. The predicted molar refractivity (Wildman–Crippen MR) is 128 cm³/mol. The van der Waals surface area contributed by atoms with E-state index in [9.17, 15) is 18.0 Å². The molecule has 1 aromatic heterocycles. The summed E-state index contributed by atoms with van der Waals surface area (Å²) in [5, 5.41) is 7.67. The highest BCUT2D eigenvalue weighted by Crippen LogP contribution is 2.27. The van der Waals surface area contributed by atoms with Gasteiger partial charge in [-0.05, 0) is 67.8 Å². The molecule has 0 radical (unpaired) electrons. The zero-order valence-corrected chi connectivity index (χ0v) is 20.7. The second kappa shape index (κ2) is 11.1. The summed E-state index contributed by atoms with van der Waals surface area (Å²) in [4.78, 5) is 26.4. The average molecular weight is 494 g/mol. The summed E-state index contributed by atoms with van der Waals surface area (Å²) in [5.74, 6) is -0.0992. The summed E-state index contributed by atoms with van der Waals surface area (Å²) >= 11 is 1.31. The molecule has 0 aliphatic carbocycles. The van der Waals surface area contributed by atoms with Crippen molar-refractivity contribution in [2.24, 2.45) is 5.92 Å². The van der Waals surface area contributed by atoms with Crippen molar-refractivity contribution in [1.82, 2.24) is 14.9 Å². The number of rotatable bonds is 9. The molecule has 2 N–H and O–H groups in total.